The van der Waals surface area contributed by atoms with Crippen molar-refractivity contribution < 1.29 is 14.8 Å². The zero-order valence-corrected chi connectivity index (χ0v) is 10.4. The SMILES string of the molecule is c1ccc(C2OOOC(c3ccccc3)S2)cc1. The third kappa shape index (κ3) is 2.57. The van der Waals surface area contributed by atoms with E-state index < -0.39 is 0 Å². The summed E-state index contributed by atoms with van der Waals surface area (Å²) in [5, 5.41) is 4.78. The van der Waals surface area contributed by atoms with Gasteiger partial charge in [0.1, 0.15) is 0 Å². The molecule has 1 heterocycles. The van der Waals surface area contributed by atoms with Crippen LogP contribution in [-0.4, -0.2) is 0 Å². The Hall–Kier alpha value is -1.33. The van der Waals surface area contributed by atoms with Crippen LogP contribution in [0.25, 0.3) is 0 Å². The predicted molar refractivity (Wildman–Crippen MR) is 69.2 cm³/mol. The fourth-order valence-corrected chi connectivity index (χ4v) is 2.75. The van der Waals surface area contributed by atoms with Crippen molar-refractivity contribution in [1.82, 2.24) is 0 Å². The minimum atomic E-state index is -0.176. The van der Waals surface area contributed by atoms with Gasteiger partial charge >= 0.3 is 0 Å². The molecule has 1 saturated heterocycles. The Morgan fingerprint density at radius 2 is 1.11 bits per heavy atom. The smallest absolute Gasteiger partial charge is 0.169 e. The first kappa shape index (κ1) is 11.7. The monoisotopic (exact) mass is 260 g/mol. The van der Waals surface area contributed by atoms with E-state index in [1.165, 1.54) is 0 Å². The van der Waals surface area contributed by atoms with E-state index in [1.807, 2.05) is 60.7 Å². The van der Waals surface area contributed by atoms with E-state index >= 15 is 0 Å². The highest BCUT2D eigenvalue weighted by Crippen LogP contribution is 2.45. The normalized spacial score (nSPS) is 23.8. The maximum Gasteiger partial charge on any atom is 0.169 e. The van der Waals surface area contributed by atoms with Crippen molar-refractivity contribution in [3.8, 4) is 0 Å². The molecule has 18 heavy (non-hydrogen) atoms. The van der Waals surface area contributed by atoms with Gasteiger partial charge in [0.2, 0.25) is 0 Å². The van der Waals surface area contributed by atoms with Gasteiger partial charge in [0, 0.05) is 0 Å². The van der Waals surface area contributed by atoms with Crippen LogP contribution >= 0.6 is 11.8 Å². The van der Waals surface area contributed by atoms with Crippen LogP contribution < -0.4 is 0 Å². The molecular formula is C14H12O3S. The van der Waals surface area contributed by atoms with Crippen LogP contribution in [0.5, 0.6) is 0 Å². The first-order valence-electron chi connectivity index (χ1n) is 5.67. The Morgan fingerprint density at radius 1 is 0.667 bits per heavy atom. The maximum atomic E-state index is 5.16. The number of hydrogen-bond donors (Lipinski definition) is 0. The molecule has 3 nitrogen and oxygen atoms in total. The summed E-state index contributed by atoms with van der Waals surface area (Å²) in [6, 6.07) is 19.9. The molecule has 0 amide bonds. The molecule has 1 fully saturated rings. The summed E-state index contributed by atoms with van der Waals surface area (Å²) in [6.45, 7) is 0. The summed E-state index contributed by atoms with van der Waals surface area (Å²) < 4.78 is 0. The predicted octanol–water partition coefficient (Wildman–Crippen LogP) is 4.01. The highest BCUT2D eigenvalue weighted by atomic mass is 32.2. The molecule has 0 aromatic heterocycles. The summed E-state index contributed by atoms with van der Waals surface area (Å²) in [6.07, 6.45) is 0. The second-order valence-electron chi connectivity index (χ2n) is 3.88. The molecule has 0 saturated carbocycles. The fraction of sp³-hybridized carbons (Fsp3) is 0.143. The van der Waals surface area contributed by atoms with Crippen LogP contribution in [0.1, 0.15) is 22.0 Å². The van der Waals surface area contributed by atoms with Crippen LogP contribution in [0.4, 0.5) is 0 Å². The van der Waals surface area contributed by atoms with Crippen molar-refractivity contribution in [3.05, 3.63) is 71.8 Å². The highest BCUT2D eigenvalue weighted by molar-refractivity contribution is 7.99. The molecule has 92 valence electrons. The highest BCUT2D eigenvalue weighted by Gasteiger charge is 2.28. The molecule has 0 radical (unpaired) electrons. The maximum absolute atomic E-state index is 5.16. The van der Waals surface area contributed by atoms with Gasteiger partial charge in [-0.05, 0) is 11.1 Å². The molecule has 4 heteroatoms. The third-order valence-corrected chi connectivity index (χ3v) is 3.84. The second-order valence-corrected chi connectivity index (χ2v) is 5.01. The Morgan fingerprint density at radius 3 is 1.56 bits per heavy atom. The lowest BCUT2D eigenvalue weighted by Gasteiger charge is -2.26. The molecule has 0 N–H and O–H groups in total. The molecule has 0 spiro atoms. The van der Waals surface area contributed by atoms with E-state index in [4.69, 9.17) is 14.8 Å². The number of rotatable bonds is 2. The Kier molecular flexibility index (Phi) is 3.61. The molecule has 2 aromatic carbocycles. The van der Waals surface area contributed by atoms with E-state index in [-0.39, 0.29) is 10.9 Å². The Labute approximate surface area is 110 Å². The van der Waals surface area contributed by atoms with E-state index in [1.54, 1.807) is 11.8 Å². The van der Waals surface area contributed by atoms with Gasteiger partial charge in [0.25, 0.3) is 0 Å². The van der Waals surface area contributed by atoms with Crippen molar-refractivity contribution in [2.45, 2.75) is 10.9 Å². The lowest BCUT2D eigenvalue weighted by atomic mass is 10.2. The zero-order chi connectivity index (χ0) is 12.2. The van der Waals surface area contributed by atoms with Gasteiger partial charge in [-0.2, -0.15) is 9.78 Å². The Bertz CT molecular complexity index is 443. The van der Waals surface area contributed by atoms with Gasteiger partial charge in [-0.3, -0.25) is 0 Å². The molecule has 3 rings (SSSR count). The lowest BCUT2D eigenvalue weighted by Crippen LogP contribution is -2.14. The summed E-state index contributed by atoms with van der Waals surface area (Å²) >= 11 is 1.57. The fourth-order valence-electron chi connectivity index (χ4n) is 1.74. The standard InChI is InChI=1S/C14H12O3S/c1-3-7-11(8-4-1)13-15-17-16-14(18-13)12-9-5-2-6-10-12/h1-10,13-14H. The number of hydrogen-bond acceptors (Lipinski definition) is 4. The summed E-state index contributed by atoms with van der Waals surface area (Å²) in [5.74, 6) is 0. The third-order valence-electron chi connectivity index (χ3n) is 2.64. The van der Waals surface area contributed by atoms with Crippen molar-refractivity contribution in [3.63, 3.8) is 0 Å². The molecule has 2 aromatic rings. The van der Waals surface area contributed by atoms with Gasteiger partial charge in [0.05, 0.1) is 0 Å². The quantitative estimate of drug-likeness (QED) is 0.762. The van der Waals surface area contributed by atoms with Crippen LogP contribution in [0.15, 0.2) is 60.7 Å². The first-order chi connectivity index (χ1) is 8.93. The van der Waals surface area contributed by atoms with Crippen LogP contribution in [-0.2, 0) is 14.8 Å². The molecule has 2 unspecified atom stereocenters. The van der Waals surface area contributed by atoms with E-state index in [0.717, 1.165) is 11.1 Å². The molecule has 1 aliphatic rings. The van der Waals surface area contributed by atoms with Gasteiger partial charge in [-0.25, -0.2) is 0 Å². The van der Waals surface area contributed by atoms with E-state index in [0.29, 0.717) is 0 Å². The molecule has 1 aliphatic heterocycles. The summed E-state index contributed by atoms with van der Waals surface area (Å²) in [4.78, 5) is 10.3. The van der Waals surface area contributed by atoms with Gasteiger partial charge in [-0.15, -0.1) is 0 Å². The summed E-state index contributed by atoms with van der Waals surface area (Å²) in [5.41, 5.74) is 1.77. The minimum absolute atomic E-state index is 0.176. The average molecular weight is 260 g/mol. The second kappa shape index (κ2) is 5.54. The largest absolute Gasteiger partial charge is 0.187 e. The average Bonchev–Trinajstić information content (AvgIpc) is 2.49. The van der Waals surface area contributed by atoms with E-state index in [2.05, 4.69) is 0 Å². The van der Waals surface area contributed by atoms with Crippen molar-refractivity contribution in [2.75, 3.05) is 0 Å². The summed E-state index contributed by atoms with van der Waals surface area (Å²) in [7, 11) is 0. The molecule has 0 aliphatic carbocycles. The van der Waals surface area contributed by atoms with Crippen LogP contribution in [0.3, 0.4) is 0 Å². The molecule has 2 atom stereocenters. The van der Waals surface area contributed by atoms with Crippen molar-refractivity contribution >= 4 is 11.8 Å². The number of thioether (sulfide) groups is 1. The molecule has 0 bridgehead atoms. The van der Waals surface area contributed by atoms with E-state index in [9.17, 15) is 0 Å². The zero-order valence-electron chi connectivity index (χ0n) is 9.56. The van der Waals surface area contributed by atoms with Crippen LogP contribution in [0, 0.1) is 0 Å². The van der Waals surface area contributed by atoms with Crippen molar-refractivity contribution in [2.24, 2.45) is 0 Å². The topological polar surface area (TPSA) is 27.7 Å². The molecular weight excluding hydrogens is 248 g/mol. The number of benzene rings is 2. The first-order valence-corrected chi connectivity index (χ1v) is 6.62. The minimum Gasteiger partial charge on any atom is -0.187 e. The Balaban J connectivity index is 1.77. The lowest BCUT2D eigenvalue weighted by molar-refractivity contribution is -0.534. The van der Waals surface area contributed by atoms with Gasteiger partial charge in [0.15, 0.2) is 10.9 Å². The van der Waals surface area contributed by atoms with Gasteiger partial charge in [-0.1, -0.05) is 77.5 Å². The van der Waals surface area contributed by atoms with Crippen molar-refractivity contribution in [1.29, 1.82) is 0 Å². The van der Waals surface area contributed by atoms with Crippen LogP contribution in [0.2, 0.25) is 0 Å². The van der Waals surface area contributed by atoms with Gasteiger partial charge < -0.3 is 0 Å².